The molecule has 1 fully saturated rings. The molecule has 0 saturated heterocycles. The Morgan fingerprint density at radius 3 is 2.29 bits per heavy atom. The summed E-state index contributed by atoms with van der Waals surface area (Å²) in [5.74, 6) is 0.788. The second kappa shape index (κ2) is 4.63. The van der Waals surface area contributed by atoms with Gasteiger partial charge in [-0.2, -0.15) is 0 Å². The molecule has 0 spiro atoms. The lowest BCUT2D eigenvalue weighted by Gasteiger charge is -2.42. The Hall–Kier alpha value is -0.0800. The van der Waals surface area contributed by atoms with Gasteiger partial charge < -0.3 is 10.0 Å². The topological polar surface area (TPSA) is 23.5 Å². The summed E-state index contributed by atoms with van der Waals surface area (Å²) in [6.45, 7) is 4.32. The highest BCUT2D eigenvalue weighted by Crippen LogP contribution is 2.34. The van der Waals surface area contributed by atoms with Crippen molar-refractivity contribution < 1.29 is 5.11 Å². The van der Waals surface area contributed by atoms with E-state index in [0.717, 1.165) is 18.8 Å². The summed E-state index contributed by atoms with van der Waals surface area (Å²) in [7, 11) is 4.13. The Labute approximate surface area is 88.3 Å². The average molecular weight is 199 g/mol. The molecule has 0 bridgehead atoms. The van der Waals surface area contributed by atoms with Crippen molar-refractivity contribution in [2.24, 2.45) is 5.92 Å². The maximum absolute atomic E-state index is 10.2. The molecule has 2 atom stereocenters. The summed E-state index contributed by atoms with van der Waals surface area (Å²) in [5.41, 5.74) is -0.0460. The van der Waals surface area contributed by atoms with Gasteiger partial charge in [0, 0.05) is 5.54 Å². The fraction of sp³-hybridized carbons (Fsp3) is 1.00. The smallest absolute Gasteiger partial charge is 0.0723 e. The summed E-state index contributed by atoms with van der Waals surface area (Å²) in [6, 6.07) is 0. The van der Waals surface area contributed by atoms with Gasteiger partial charge in [-0.15, -0.1) is 0 Å². The highest BCUT2D eigenvalue weighted by molar-refractivity contribution is 4.91. The minimum Gasteiger partial charge on any atom is -0.391 e. The molecule has 1 N–H and O–H groups in total. The zero-order valence-electron chi connectivity index (χ0n) is 10.1. The summed E-state index contributed by atoms with van der Waals surface area (Å²) < 4.78 is 0. The molecule has 0 radical (unpaired) electrons. The van der Waals surface area contributed by atoms with Crippen LogP contribution in [-0.2, 0) is 0 Å². The summed E-state index contributed by atoms with van der Waals surface area (Å²) in [4.78, 5) is 2.16. The third-order valence-corrected chi connectivity index (χ3v) is 4.24. The molecule has 1 rings (SSSR count). The molecular formula is C12H25NO. The van der Waals surface area contributed by atoms with Crippen LogP contribution >= 0.6 is 0 Å². The molecule has 1 aliphatic rings. The van der Waals surface area contributed by atoms with E-state index < -0.39 is 0 Å². The zero-order valence-corrected chi connectivity index (χ0v) is 10.1. The van der Waals surface area contributed by atoms with Crippen molar-refractivity contribution in [2.75, 3.05) is 14.1 Å². The summed E-state index contributed by atoms with van der Waals surface area (Å²) >= 11 is 0. The van der Waals surface area contributed by atoms with Crippen LogP contribution in [0.5, 0.6) is 0 Å². The molecule has 2 heteroatoms. The van der Waals surface area contributed by atoms with Crippen LogP contribution in [0.15, 0.2) is 0 Å². The van der Waals surface area contributed by atoms with Gasteiger partial charge in [-0.05, 0) is 39.8 Å². The van der Waals surface area contributed by atoms with E-state index in [1.165, 1.54) is 19.3 Å². The average Bonchev–Trinajstić information content (AvgIpc) is 2.09. The molecule has 0 aromatic heterocycles. The number of likely N-dealkylation sites (N-methyl/N-ethyl adjacent to an activating group) is 1. The number of nitrogens with zero attached hydrogens (tertiary/aromatic N) is 1. The normalized spacial score (nSPS) is 24.4. The summed E-state index contributed by atoms with van der Waals surface area (Å²) in [6.07, 6.45) is 5.83. The van der Waals surface area contributed by atoms with Crippen molar-refractivity contribution in [2.45, 2.75) is 57.6 Å². The van der Waals surface area contributed by atoms with E-state index in [1.807, 2.05) is 0 Å². The zero-order chi connectivity index (χ0) is 10.8. The lowest BCUT2D eigenvalue weighted by atomic mass is 9.76. The van der Waals surface area contributed by atoms with Crippen molar-refractivity contribution >= 4 is 0 Å². The van der Waals surface area contributed by atoms with E-state index in [-0.39, 0.29) is 11.6 Å². The maximum Gasteiger partial charge on any atom is 0.0723 e. The Balaban J connectivity index is 2.49. The number of aliphatic hydroxyl groups is 1. The summed E-state index contributed by atoms with van der Waals surface area (Å²) in [5, 5.41) is 10.2. The van der Waals surface area contributed by atoms with Crippen LogP contribution in [0.1, 0.15) is 46.0 Å². The molecule has 1 aliphatic carbocycles. The first-order valence-electron chi connectivity index (χ1n) is 5.86. The number of rotatable bonds is 5. The first-order chi connectivity index (χ1) is 6.50. The van der Waals surface area contributed by atoms with Gasteiger partial charge in [-0.3, -0.25) is 0 Å². The van der Waals surface area contributed by atoms with Gasteiger partial charge in [0.25, 0.3) is 0 Å². The van der Waals surface area contributed by atoms with Crippen molar-refractivity contribution in [1.29, 1.82) is 0 Å². The minimum absolute atomic E-state index is 0.0460. The van der Waals surface area contributed by atoms with Gasteiger partial charge in [0.2, 0.25) is 0 Å². The van der Waals surface area contributed by atoms with Crippen molar-refractivity contribution in [3.8, 4) is 0 Å². The van der Waals surface area contributed by atoms with Crippen LogP contribution < -0.4 is 0 Å². The van der Waals surface area contributed by atoms with Crippen molar-refractivity contribution in [1.82, 2.24) is 4.90 Å². The third kappa shape index (κ3) is 2.29. The molecular weight excluding hydrogens is 174 g/mol. The van der Waals surface area contributed by atoms with E-state index in [2.05, 4.69) is 32.8 Å². The molecule has 2 nitrogen and oxygen atoms in total. The standard InChI is InChI=1S/C12H25NO/c1-5-12(2,13(3)4)11(14)9-10-7-6-8-10/h10-11,14H,5-9H2,1-4H3. The fourth-order valence-electron chi connectivity index (χ4n) is 2.15. The Kier molecular flexibility index (Phi) is 3.96. The first kappa shape index (κ1) is 12.0. The largest absolute Gasteiger partial charge is 0.391 e. The van der Waals surface area contributed by atoms with Gasteiger partial charge in [0.05, 0.1) is 6.10 Å². The molecule has 0 amide bonds. The fourth-order valence-corrected chi connectivity index (χ4v) is 2.15. The Bertz CT molecular complexity index is 177. The molecule has 0 aliphatic heterocycles. The van der Waals surface area contributed by atoms with Gasteiger partial charge in [0.1, 0.15) is 0 Å². The van der Waals surface area contributed by atoms with Crippen LogP contribution in [0.25, 0.3) is 0 Å². The maximum atomic E-state index is 10.2. The number of aliphatic hydroxyl groups excluding tert-OH is 1. The van der Waals surface area contributed by atoms with Gasteiger partial charge in [-0.1, -0.05) is 26.2 Å². The number of hydrogen-bond donors (Lipinski definition) is 1. The molecule has 14 heavy (non-hydrogen) atoms. The second-order valence-electron chi connectivity index (χ2n) is 5.15. The Morgan fingerprint density at radius 2 is 2.00 bits per heavy atom. The quantitative estimate of drug-likeness (QED) is 0.734. The highest BCUT2D eigenvalue weighted by atomic mass is 16.3. The van der Waals surface area contributed by atoms with Crippen LogP contribution in [0, 0.1) is 5.92 Å². The molecule has 84 valence electrons. The van der Waals surface area contributed by atoms with E-state index in [9.17, 15) is 5.11 Å². The van der Waals surface area contributed by atoms with E-state index >= 15 is 0 Å². The van der Waals surface area contributed by atoms with Crippen molar-refractivity contribution in [3.05, 3.63) is 0 Å². The SMILES string of the molecule is CCC(C)(C(O)CC1CCC1)N(C)C. The molecule has 0 aromatic carbocycles. The van der Waals surface area contributed by atoms with Crippen molar-refractivity contribution in [3.63, 3.8) is 0 Å². The monoisotopic (exact) mass is 199 g/mol. The van der Waals surface area contributed by atoms with Gasteiger partial charge in [0.15, 0.2) is 0 Å². The van der Waals surface area contributed by atoms with Gasteiger partial charge in [-0.25, -0.2) is 0 Å². The number of hydrogen-bond acceptors (Lipinski definition) is 2. The molecule has 0 heterocycles. The van der Waals surface area contributed by atoms with E-state index in [1.54, 1.807) is 0 Å². The van der Waals surface area contributed by atoms with E-state index in [0.29, 0.717) is 0 Å². The van der Waals surface area contributed by atoms with Crippen LogP contribution in [0.4, 0.5) is 0 Å². The van der Waals surface area contributed by atoms with Crippen LogP contribution in [-0.4, -0.2) is 35.7 Å². The second-order valence-corrected chi connectivity index (χ2v) is 5.15. The van der Waals surface area contributed by atoms with E-state index in [4.69, 9.17) is 0 Å². The minimum atomic E-state index is -0.173. The van der Waals surface area contributed by atoms with Gasteiger partial charge >= 0.3 is 0 Å². The first-order valence-corrected chi connectivity index (χ1v) is 5.86. The third-order valence-electron chi connectivity index (χ3n) is 4.24. The molecule has 0 aromatic rings. The predicted molar refractivity (Wildman–Crippen MR) is 60.3 cm³/mol. The van der Waals surface area contributed by atoms with Crippen LogP contribution in [0.2, 0.25) is 0 Å². The molecule has 1 saturated carbocycles. The Morgan fingerprint density at radius 1 is 1.43 bits per heavy atom. The molecule has 2 unspecified atom stereocenters. The lowest BCUT2D eigenvalue weighted by molar-refractivity contribution is -0.0187. The van der Waals surface area contributed by atoms with Crippen LogP contribution in [0.3, 0.4) is 0 Å². The highest BCUT2D eigenvalue weighted by Gasteiger charge is 2.35. The lowest BCUT2D eigenvalue weighted by Crippen LogP contribution is -2.51. The predicted octanol–water partition coefficient (Wildman–Crippen LogP) is 2.27.